The molecule has 5 nitrogen and oxygen atoms in total. The summed E-state index contributed by atoms with van der Waals surface area (Å²) >= 11 is 0. The normalized spacial score (nSPS) is 17.3. The lowest BCUT2D eigenvalue weighted by Gasteiger charge is -2.31. The summed E-state index contributed by atoms with van der Waals surface area (Å²) < 4.78 is 11.1. The van der Waals surface area contributed by atoms with Crippen LogP contribution in [0.1, 0.15) is 43.6 Å². The van der Waals surface area contributed by atoms with E-state index in [1.54, 1.807) is 13.1 Å². The number of fused-ring (bicyclic) bond motifs is 1. The molecular weight excluding hydrogens is 280 g/mol. The van der Waals surface area contributed by atoms with Gasteiger partial charge in [0.25, 0.3) is 0 Å². The van der Waals surface area contributed by atoms with Crippen molar-refractivity contribution in [3.63, 3.8) is 0 Å². The van der Waals surface area contributed by atoms with E-state index in [-0.39, 0.29) is 6.10 Å². The van der Waals surface area contributed by atoms with Crippen molar-refractivity contribution < 1.29 is 14.3 Å². The predicted octanol–water partition coefficient (Wildman–Crippen LogP) is 3.04. The number of ether oxygens (including phenoxy) is 2. The molecule has 1 aliphatic rings. The first-order valence-corrected chi connectivity index (χ1v) is 7.39. The summed E-state index contributed by atoms with van der Waals surface area (Å²) in [6.07, 6.45) is 0.104. The van der Waals surface area contributed by atoms with E-state index in [4.69, 9.17) is 9.47 Å². The molecule has 118 valence electrons. The van der Waals surface area contributed by atoms with Gasteiger partial charge in [0.05, 0.1) is 24.8 Å². The van der Waals surface area contributed by atoms with E-state index in [1.165, 1.54) is 4.90 Å². The SMILES string of the molecule is CN(C[C@H]1OCCc2cccc(C#N)c21)C(=O)OC(C)(C)C. The molecule has 1 aromatic rings. The molecule has 1 atom stereocenters. The van der Waals surface area contributed by atoms with Gasteiger partial charge in [-0.3, -0.25) is 0 Å². The standard InChI is InChI=1S/C17H22N2O3/c1-17(2,3)22-16(20)19(4)11-14-15-12(8-9-21-14)6-5-7-13(15)10-18/h5-7,14H,8-9,11H2,1-4H3/t14-/m1/s1. The number of carbonyl (C=O) groups excluding carboxylic acids is 1. The lowest BCUT2D eigenvalue weighted by molar-refractivity contribution is -0.00174. The van der Waals surface area contributed by atoms with Crippen molar-refractivity contribution >= 4 is 6.09 Å². The quantitative estimate of drug-likeness (QED) is 0.842. The van der Waals surface area contributed by atoms with E-state index in [1.807, 2.05) is 32.9 Å². The molecular formula is C17H22N2O3. The maximum absolute atomic E-state index is 12.1. The average molecular weight is 302 g/mol. The van der Waals surface area contributed by atoms with E-state index >= 15 is 0 Å². The van der Waals surface area contributed by atoms with Gasteiger partial charge in [0.1, 0.15) is 11.7 Å². The highest BCUT2D eigenvalue weighted by molar-refractivity contribution is 5.67. The highest BCUT2D eigenvalue weighted by Gasteiger charge is 2.28. The summed E-state index contributed by atoms with van der Waals surface area (Å²) in [6, 6.07) is 7.90. The minimum atomic E-state index is -0.533. The van der Waals surface area contributed by atoms with Gasteiger partial charge in [0.2, 0.25) is 0 Å². The molecule has 2 rings (SSSR count). The molecule has 0 fully saturated rings. The Bertz CT molecular complexity index is 599. The van der Waals surface area contributed by atoms with Crippen molar-refractivity contribution in [1.82, 2.24) is 4.90 Å². The second-order valence-corrected chi connectivity index (χ2v) is 6.46. The zero-order chi connectivity index (χ0) is 16.3. The van der Waals surface area contributed by atoms with Gasteiger partial charge >= 0.3 is 6.09 Å². The molecule has 0 N–H and O–H groups in total. The molecule has 0 saturated heterocycles. The molecule has 1 aliphatic heterocycles. The second-order valence-electron chi connectivity index (χ2n) is 6.46. The van der Waals surface area contributed by atoms with E-state index in [0.29, 0.717) is 18.7 Å². The maximum atomic E-state index is 12.1. The molecule has 0 unspecified atom stereocenters. The van der Waals surface area contributed by atoms with Crippen molar-refractivity contribution in [3.8, 4) is 6.07 Å². The first-order chi connectivity index (χ1) is 10.3. The fraction of sp³-hybridized carbons (Fsp3) is 0.529. The number of benzene rings is 1. The Balaban J connectivity index is 2.16. The number of likely N-dealkylation sites (N-methyl/N-ethyl adjacent to an activating group) is 1. The molecule has 0 radical (unpaired) electrons. The van der Waals surface area contributed by atoms with Crippen LogP contribution in [0, 0.1) is 11.3 Å². The zero-order valence-corrected chi connectivity index (χ0v) is 13.5. The van der Waals surface area contributed by atoms with E-state index < -0.39 is 11.7 Å². The topological polar surface area (TPSA) is 62.6 Å². The summed E-state index contributed by atoms with van der Waals surface area (Å²) in [5.74, 6) is 0. The van der Waals surface area contributed by atoms with Crippen molar-refractivity contribution in [1.29, 1.82) is 5.26 Å². The number of nitriles is 1. The van der Waals surface area contributed by atoms with Gasteiger partial charge in [0.15, 0.2) is 0 Å². The smallest absolute Gasteiger partial charge is 0.410 e. The second kappa shape index (κ2) is 6.37. The van der Waals surface area contributed by atoms with Gasteiger partial charge in [0, 0.05) is 12.6 Å². The number of carbonyl (C=O) groups is 1. The van der Waals surface area contributed by atoms with Crippen LogP contribution in [0.5, 0.6) is 0 Å². The van der Waals surface area contributed by atoms with Crippen molar-refractivity contribution in [2.24, 2.45) is 0 Å². The van der Waals surface area contributed by atoms with Crippen LogP contribution in [-0.4, -0.2) is 36.8 Å². The summed E-state index contributed by atoms with van der Waals surface area (Å²) in [5, 5.41) is 9.30. The molecule has 1 aromatic carbocycles. The van der Waals surface area contributed by atoms with Gasteiger partial charge in [-0.15, -0.1) is 0 Å². The van der Waals surface area contributed by atoms with E-state index in [9.17, 15) is 10.1 Å². The Labute approximate surface area is 131 Å². The van der Waals surface area contributed by atoms with Crippen LogP contribution in [0.3, 0.4) is 0 Å². The lowest BCUT2D eigenvalue weighted by atomic mass is 9.93. The van der Waals surface area contributed by atoms with Crippen LogP contribution < -0.4 is 0 Å². The fourth-order valence-corrected chi connectivity index (χ4v) is 2.51. The number of amides is 1. The van der Waals surface area contributed by atoms with Crippen LogP contribution in [0.2, 0.25) is 0 Å². The average Bonchev–Trinajstić information content (AvgIpc) is 2.45. The minimum Gasteiger partial charge on any atom is -0.444 e. The third kappa shape index (κ3) is 3.77. The molecule has 1 amide bonds. The van der Waals surface area contributed by atoms with Crippen LogP contribution in [0.4, 0.5) is 4.79 Å². The molecule has 0 saturated carbocycles. The van der Waals surface area contributed by atoms with Crippen molar-refractivity contribution in [2.45, 2.75) is 38.9 Å². The Morgan fingerprint density at radius 3 is 2.86 bits per heavy atom. The fourth-order valence-electron chi connectivity index (χ4n) is 2.51. The number of nitrogens with zero attached hydrogens (tertiary/aromatic N) is 2. The highest BCUT2D eigenvalue weighted by atomic mass is 16.6. The monoisotopic (exact) mass is 302 g/mol. The third-order valence-electron chi connectivity index (χ3n) is 3.47. The van der Waals surface area contributed by atoms with Crippen molar-refractivity contribution in [2.75, 3.05) is 20.2 Å². The zero-order valence-electron chi connectivity index (χ0n) is 13.5. The molecule has 1 heterocycles. The Morgan fingerprint density at radius 2 is 2.23 bits per heavy atom. The lowest BCUT2D eigenvalue weighted by Crippen LogP contribution is -2.38. The van der Waals surface area contributed by atoms with E-state index in [2.05, 4.69) is 6.07 Å². The summed E-state index contributed by atoms with van der Waals surface area (Å²) in [4.78, 5) is 13.6. The summed E-state index contributed by atoms with van der Waals surface area (Å²) in [5.41, 5.74) is 2.09. The van der Waals surface area contributed by atoms with Gasteiger partial charge in [-0.25, -0.2) is 4.79 Å². The van der Waals surface area contributed by atoms with Gasteiger partial charge in [-0.2, -0.15) is 5.26 Å². The number of hydrogen-bond acceptors (Lipinski definition) is 4. The molecule has 22 heavy (non-hydrogen) atoms. The van der Waals surface area contributed by atoms with Crippen LogP contribution >= 0.6 is 0 Å². The highest BCUT2D eigenvalue weighted by Crippen LogP contribution is 2.30. The van der Waals surface area contributed by atoms with Gasteiger partial charge in [-0.05, 0) is 38.8 Å². The molecule has 5 heteroatoms. The van der Waals surface area contributed by atoms with E-state index in [0.717, 1.165) is 17.5 Å². The number of rotatable bonds is 2. The first-order valence-electron chi connectivity index (χ1n) is 7.39. The van der Waals surface area contributed by atoms with Crippen LogP contribution in [-0.2, 0) is 15.9 Å². The summed E-state index contributed by atoms with van der Waals surface area (Å²) in [7, 11) is 1.68. The van der Waals surface area contributed by atoms with Gasteiger partial charge in [-0.1, -0.05) is 12.1 Å². The number of hydrogen-bond donors (Lipinski definition) is 0. The molecule has 0 bridgehead atoms. The van der Waals surface area contributed by atoms with Crippen LogP contribution in [0.25, 0.3) is 0 Å². The Morgan fingerprint density at radius 1 is 1.50 bits per heavy atom. The van der Waals surface area contributed by atoms with Crippen LogP contribution in [0.15, 0.2) is 18.2 Å². The predicted molar refractivity (Wildman–Crippen MR) is 82.4 cm³/mol. The molecule has 0 aliphatic carbocycles. The summed E-state index contributed by atoms with van der Waals surface area (Å²) in [6.45, 7) is 6.45. The largest absolute Gasteiger partial charge is 0.444 e. The first kappa shape index (κ1) is 16.3. The van der Waals surface area contributed by atoms with Crippen molar-refractivity contribution in [3.05, 3.63) is 34.9 Å². The third-order valence-corrected chi connectivity index (χ3v) is 3.47. The Kier molecular flexibility index (Phi) is 4.72. The molecule has 0 aromatic heterocycles. The minimum absolute atomic E-state index is 0.294. The van der Waals surface area contributed by atoms with Gasteiger partial charge < -0.3 is 14.4 Å². The molecule has 0 spiro atoms. The Hall–Kier alpha value is -2.06. The maximum Gasteiger partial charge on any atom is 0.410 e.